The molecule has 1 heterocycles. The van der Waals surface area contributed by atoms with Crippen molar-refractivity contribution in [2.24, 2.45) is 0 Å². The number of amides is 1. The van der Waals surface area contributed by atoms with E-state index in [4.69, 9.17) is 9.52 Å². The molecule has 0 aliphatic carbocycles. The van der Waals surface area contributed by atoms with Crippen LogP contribution in [0.5, 0.6) is 0 Å². The zero-order valence-electron chi connectivity index (χ0n) is 8.36. The van der Waals surface area contributed by atoms with Gasteiger partial charge in [0, 0.05) is 0 Å². The fraction of sp³-hybridized carbons (Fsp3) is 0.333. The monoisotopic (exact) mass is 291 g/mol. The van der Waals surface area contributed by atoms with E-state index in [1.807, 2.05) is 0 Å². The molecule has 0 spiro atoms. The first kappa shape index (κ1) is 12.7. The summed E-state index contributed by atoms with van der Waals surface area (Å²) in [7, 11) is 0. The number of rotatable bonds is 4. The number of hydrogen-bond acceptors (Lipinski definition) is 4. The Morgan fingerprint density at radius 3 is 2.69 bits per heavy atom. The predicted molar refractivity (Wildman–Crippen MR) is 57.0 cm³/mol. The van der Waals surface area contributed by atoms with E-state index in [2.05, 4.69) is 21.2 Å². The molecule has 0 bridgehead atoms. The van der Waals surface area contributed by atoms with E-state index in [-0.39, 0.29) is 10.2 Å². The van der Waals surface area contributed by atoms with Gasteiger partial charge in [-0.15, -0.1) is 0 Å². The SMILES string of the molecule is CC(O)(CNC(=O)c1ccoc1Br)C(=O)O. The molecule has 0 saturated carbocycles. The molecule has 0 fully saturated rings. The van der Waals surface area contributed by atoms with Crippen molar-refractivity contribution in [2.45, 2.75) is 12.5 Å². The Morgan fingerprint density at radius 1 is 1.62 bits per heavy atom. The van der Waals surface area contributed by atoms with Crippen LogP contribution in [0.3, 0.4) is 0 Å². The summed E-state index contributed by atoms with van der Waals surface area (Å²) in [6.45, 7) is 0.707. The molecule has 3 N–H and O–H groups in total. The minimum Gasteiger partial charge on any atom is -0.479 e. The first-order valence-electron chi connectivity index (χ1n) is 4.31. The van der Waals surface area contributed by atoms with Gasteiger partial charge in [-0.05, 0) is 28.9 Å². The number of carboxylic acids is 1. The number of aliphatic carboxylic acids is 1. The number of furan rings is 1. The maximum absolute atomic E-state index is 11.5. The summed E-state index contributed by atoms with van der Waals surface area (Å²) in [5, 5.41) is 20.3. The number of aliphatic hydroxyl groups is 1. The maximum Gasteiger partial charge on any atom is 0.337 e. The zero-order valence-corrected chi connectivity index (χ0v) is 9.94. The van der Waals surface area contributed by atoms with Crippen LogP contribution in [0.4, 0.5) is 0 Å². The number of carbonyl (C=O) groups excluding carboxylic acids is 1. The second-order valence-corrected chi connectivity index (χ2v) is 4.09. The summed E-state index contributed by atoms with van der Waals surface area (Å²) in [4.78, 5) is 22.0. The summed E-state index contributed by atoms with van der Waals surface area (Å²) < 4.78 is 5.09. The molecule has 6 nitrogen and oxygen atoms in total. The summed E-state index contributed by atoms with van der Waals surface area (Å²) in [6.07, 6.45) is 1.31. The molecule has 88 valence electrons. The molecule has 16 heavy (non-hydrogen) atoms. The van der Waals surface area contributed by atoms with E-state index in [0.29, 0.717) is 0 Å². The summed E-state index contributed by atoms with van der Waals surface area (Å²) in [6, 6.07) is 1.43. The van der Waals surface area contributed by atoms with Crippen LogP contribution in [0.1, 0.15) is 17.3 Å². The number of carboxylic acid groups (broad SMARTS) is 1. The van der Waals surface area contributed by atoms with Gasteiger partial charge in [-0.1, -0.05) is 0 Å². The normalized spacial score (nSPS) is 14.2. The molecule has 1 aromatic rings. The molecule has 1 aromatic heterocycles. The molecule has 0 radical (unpaired) electrons. The number of nitrogens with one attached hydrogen (secondary N) is 1. The van der Waals surface area contributed by atoms with Gasteiger partial charge in [-0.2, -0.15) is 0 Å². The highest BCUT2D eigenvalue weighted by atomic mass is 79.9. The Kier molecular flexibility index (Phi) is 3.71. The van der Waals surface area contributed by atoms with Crippen LogP contribution in [0.2, 0.25) is 0 Å². The van der Waals surface area contributed by atoms with Crippen molar-refractivity contribution >= 4 is 27.8 Å². The molecule has 1 unspecified atom stereocenters. The van der Waals surface area contributed by atoms with Crippen LogP contribution in [-0.2, 0) is 4.79 Å². The summed E-state index contributed by atoms with van der Waals surface area (Å²) >= 11 is 3.01. The van der Waals surface area contributed by atoms with Crippen LogP contribution in [0.15, 0.2) is 21.4 Å². The average Bonchev–Trinajstić information content (AvgIpc) is 2.61. The molecule has 7 heteroatoms. The lowest BCUT2D eigenvalue weighted by atomic mass is 10.1. The lowest BCUT2D eigenvalue weighted by Gasteiger charge is -2.17. The first-order valence-corrected chi connectivity index (χ1v) is 5.11. The third-order valence-corrected chi connectivity index (χ3v) is 2.53. The van der Waals surface area contributed by atoms with Crippen molar-refractivity contribution in [3.05, 3.63) is 22.6 Å². The van der Waals surface area contributed by atoms with Gasteiger partial charge in [-0.3, -0.25) is 4.79 Å². The molecule has 0 aromatic carbocycles. The number of halogens is 1. The maximum atomic E-state index is 11.5. The van der Waals surface area contributed by atoms with Gasteiger partial charge in [0.15, 0.2) is 10.3 Å². The van der Waals surface area contributed by atoms with Crippen molar-refractivity contribution in [3.63, 3.8) is 0 Å². The van der Waals surface area contributed by atoms with Crippen molar-refractivity contribution in [3.8, 4) is 0 Å². The minimum absolute atomic E-state index is 0.237. The fourth-order valence-electron chi connectivity index (χ4n) is 0.879. The standard InChI is InChI=1S/C9H10BrNO5/c1-9(15,8(13)14)4-11-7(12)5-2-3-16-6(5)10/h2-3,15H,4H2,1H3,(H,11,12)(H,13,14). The molecule has 0 saturated heterocycles. The van der Waals surface area contributed by atoms with E-state index < -0.39 is 24.0 Å². The van der Waals surface area contributed by atoms with Gasteiger partial charge in [-0.25, -0.2) is 4.79 Å². The van der Waals surface area contributed by atoms with Crippen molar-refractivity contribution in [2.75, 3.05) is 6.54 Å². The second-order valence-electron chi connectivity index (χ2n) is 3.37. The number of hydrogen-bond donors (Lipinski definition) is 3. The Hall–Kier alpha value is -1.34. The van der Waals surface area contributed by atoms with Gasteiger partial charge in [0.05, 0.1) is 18.4 Å². The molecule has 1 rings (SSSR count). The zero-order chi connectivity index (χ0) is 12.3. The van der Waals surface area contributed by atoms with Crippen LogP contribution < -0.4 is 5.32 Å². The Morgan fingerprint density at radius 2 is 2.25 bits per heavy atom. The largest absolute Gasteiger partial charge is 0.479 e. The minimum atomic E-state index is -1.99. The smallest absolute Gasteiger partial charge is 0.337 e. The Bertz CT molecular complexity index is 412. The molecule has 0 aliphatic heterocycles. The van der Waals surface area contributed by atoms with E-state index in [9.17, 15) is 14.7 Å². The average molecular weight is 292 g/mol. The fourth-order valence-corrected chi connectivity index (χ4v) is 1.30. The van der Waals surface area contributed by atoms with E-state index >= 15 is 0 Å². The summed E-state index contributed by atoms with van der Waals surface area (Å²) in [5.41, 5.74) is -1.76. The van der Waals surface area contributed by atoms with Gasteiger partial charge < -0.3 is 19.9 Å². The van der Waals surface area contributed by atoms with E-state index in [1.165, 1.54) is 12.3 Å². The lowest BCUT2D eigenvalue weighted by Crippen LogP contribution is -2.46. The first-order chi connectivity index (χ1) is 7.34. The predicted octanol–water partition coefficient (Wildman–Crippen LogP) is 0.608. The Labute approximate surface area is 99.4 Å². The third kappa shape index (κ3) is 2.83. The highest BCUT2D eigenvalue weighted by Crippen LogP contribution is 2.17. The molecule has 1 atom stereocenters. The van der Waals surface area contributed by atoms with E-state index in [1.54, 1.807) is 0 Å². The molecule has 0 aliphatic rings. The van der Waals surface area contributed by atoms with Gasteiger partial charge in [0.1, 0.15) is 0 Å². The van der Waals surface area contributed by atoms with Crippen LogP contribution >= 0.6 is 15.9 Å². The van der Waals surface area contributed by atoms with Crippen molar-refractivity contribution < 1.29 is 24.2 Å². The Balaban J connectivity index is 2.61. The van der Waals surface area contributed by atoms with Crippen molar-refractivity contribution in [1.82, 2.24) is 5.32 Å². The van der Waals surface area contributed by atoms with Crippen LogP contribution in [0, 0.1) is 0 Å². The molecular weight excluding hydrogens is 282 g/mol. The highest BCUT2D eigenvalue weighted by Gasteiger charge is 2.30. The third-order valence-electron chi connectivity index (χ3n) is 1.92. The van der Waals surface area contributed by atoms with Gasteiger partial charge in [0.25, 0.3) is 5.91 Å². The van der Waals surface area contributed by atoms with Crippen LogP contribution in [0.25, 0.3) is 0 Å². The van der Waals surface area contributed by atoms with Crippen molar-refractivity contribution in [1.29, 1.82) is 0 Å². The highest BCUT2D eigenvalue weighted by molar-refractivity contribution is 9.10. The summed E-state index contributed by atoms with van der Waals surface area (Å²) in [5.74, 6) is -1.93. The number of carbonyl (C=O) groups is 2. The molecule has 1 amide bonds. The topological polar surface area (TPSA) is 99.8 Å². The van der Waals surface area contributed by atoms with Gasteiger partial charge in [0.2, 0.25) is 0 Å². The molecular formula is C9H10BrNO5. The lowest BCUT2D eigenvalue weighted by molar-refractivity contribution is -0.155. The quantitative estimate of drug-likeness (QED) is 0.755. The van der Waals surface area contributed by atoms with E-state index in [0.717, 1.165) is 6.92 Å². The second kappa shape index (κ2) is 4.67. The van der Waals surface area contributed by atoms with Crippen LogP contribution in [-0.4, -0.2) is 34.2 Å². The van der Waals surface area contributed by atoms with Gasteiger partial charge >= 0.3 is 5.97 Å².